The zero-order valence-corrected chi connectivity index (χ0v) is 11.4. The van der Waals surface area contributed by atoms with Gasteiger partial charge in [0.1, 0.15) is 0 Å². The Bertz CT molecular complexity index is 314. The highest BCUT2D eigenvalue weighted by Crippen LogP contribution is 2.34. The zero-order chi connectivity index (χ0) is 10.8. The van der Waals surface area contributed by atoms with Crippen LogP contribution in [0.15, 0.2) is 15.9 Å². The maximum absolute atomic E-state index is 6.26. The minimum atomic E-state index is 0.281. The number of nitrogens with zero attached hydrogens (tertiary/aromatic N) is 1. The number of hydrogen-bond acceptors (Lipinski definition) is 3. The van der Waals surface area contributed by atoms with Crippen LogP contribution in [0.3, 0.4) is 0 Å². The van der Waals surface area contributed by atoms with E-state index < -0.39 is 0 Å². The quantitative estimate of drug-likeness (QED) is 0.861. The smallest absolute Gasteiger partial charge is 0.0702 e. The Morgan fingerprint density at radius 1 is 1.47 bits per heavy atom. The summed E-state index contributed by atoms with van der Waals surface area (Å²) in [4.78, 5) is 3.79. The van der Waals surface area contributed by atoms with Crippen LogP contribution >= 0.6 is 27.3 Å². The van der Waals surface area contributed by atoms with Gasteiger partial charge >= 0.3 is 0 Å². The minimum Gasteiger partial charge on any atom is -0.326 e. The van der Waals surface area contributed by atoms with E-state index in [4.69, 9.17) is 5.73 Å². The highest BCUT2D eigenvalue weighted by molar-refractivity contribution is 9.11. The first-order valence-corrected chi connectivity index (χ1v) is 7.00. The molecule has 1 aliphatic heterocycles. The summed E-state index contributed by atoms with van der Waals surface area (Å²) in [6.45, 7) is 1.16. The predicted octanol–water partition coefficient (Wildman–Crippen LogP) is 2.99. The van der Waals surface area contributed by atoms with Crippen molar-refractivity contribution in [1.29, 1.82) is 0 Å². The molecule has 1 aromatic rings. The second-order valence-corrected chi connectivity index (χ2v) is 6.72. The van der Waals surface area contributed by atoms with Gasteiger partial charge in [0.25, 0.3) is 0 Å². The molecule has 2 heterocycles. The second-order valence-electron chi connectivity index (χ2n) is 4.23. The van der Waals surface area contributed by atoms with Crippen molar-refractivity contribution >= 4 is 27.3 Å². The minimum absolute atomic E-state index is 0.281. The van der Waals surface area contributed by atoms with Crippen LogP contribution in [0.2, 0.25) is 0 Å². The number of likely N-dealkylation sites (tertiary alicyclic amines) is 1. The van der Waals surface area contributed by atoms with Crippen LogP contribution < -0.4 is 5.73 Å². The van der Waals surface area contributed by atoms with E-state index in [0.29, 0.717) is 6.04 Å². The molecule has 0 aromatic carbocycles. The van der Waals surface area contributed by atoms with Gasteiger partial charge in [-0.2, -0.15) is 0 Å². The largest absolute Gasteiger partial charge is 0.326 e. The maximum Gasteiger partial charge on any atom is 0.0702 e. The van der Waals surface area contributed by atoms with Gasteiger partial charge in [0, 0.05) is 10.9 Å². The fourth-order valence-corrected chi connectivity index (χ4v) is 3.95. The first-order chi connectivity index (χ1) is 7.18. The molecule has 2 N–H and O–H groups in total. The lowest BCUT2D eigenvalue weighted by molar-refractivity contribution is 0.233. The van der Waals surface area contributed by atoms with Crippen LogP contribution in [-0.2, 0) is 0 Å². The average molecular weight is 289 g/mol. The molecule has 2 atom stereocenters. The Kier molecular flexibility index (Phi) is 3.83. The van der Waals surface area contributed by atoms with E-state index >= 15 is 0 Å². The third kappa shape index (κ3) is 2.61. The number of rotatable bonds is 1. The summed E-state index contributed by atoms with van der Waals surface area (Å²) in [5, 5.41) is 0. The lowest BCUT2D eigenvalue weighted by Gasteiger charge is -2.29. The molecule has 2 unspecified atom stereocenters. The molecular formula is C11H17BrN2S. The molecule has 0 saturated carbocycles. The number of halogens is 1. The Labute approximate surface area is 104 Å². The van der Waals surface area contributed by atoms with Gasteiger partial charge in [-0.1, -0.05) is 6.42 Å². The fraction of sp³-hybridized carbons (Fsp3) is 0.636. The van der Waals surface area contributed by atoms with Gasteiger partial charge in [0.2, 0.25) is 0 Å². The van der Waals surface area contributed by atoms with Crippen molar-refractivity contribution < 1.29 is 0 Å². The van der Waals surface area contributed by atoms with Crippen molar-refractivity contribution in [3.8, 4) is 0 Å². The lowest BCUT2D eigenvalue weighted by Crippen LogP contribution is -2.37. The van der Waals surface area contributed by atoms with Crippen LogP contribution in [0.5, 0.6) is 0 Å². The molecule has 0 bridgehead atoms. The van der Waals surface area contributed by atoms with Crippen molar-refractivity contribution in [1.82, 2.24) is 4.90 Å². The summed E-state index contributed by atoms with van der Waals surface area (Å²) >= 11 is 5.32. The Balaban J connectivity index is 2.23. The zero-order valence-electron chi connectivity index (χ0n) is 8.95. The summed E-state index contributed by atoms with van der Waals surface area (Å²) < 4.78 is 1.20. The van der Waals surface area contributed by atoms with Gasteiger partial charge in [0.05, 0.1) is 9.83 Å². The normalized spacial score (nSPS) is 29.0. The van der Waals surface area contributed by atoms with Crippen LogP contribution in [-0.4, -0.2) is 24.5 Å². The first-order valence-electron chi connectivity index (χ1n) is 5.39. The van der Waals surface area contributed by atoms with Crippen molar-refractivity contribution in [2.75, 3.05) is 13.6 Å². The van der Waals surface area contributed by atoms with Crippen molar-refractivity contribution in [2.45, 2.75) is 31.3 Å². The second kappa shape index (κ2) is 4.95. The SMILES string of the molecule is CN1CCCCC(N)C1c1ccc(Br)s1. The van der Waals surface area contributed by atoms with Gasteiger partial charge < -0.3 is 5.73 Å². The number of thiophene rings is 1. The molecular weight excluding hydrogens is 272 g/mol. The number of nitrogens with two attached hydrogens (primary N) is 1. The summed E-state index contributed by atoms with van der Waals surface area (Å²) in [6, 6.07) is 5.00. The van der Waals surface area contributed by atoms with E-state index in [-0.39, 0.29) is 6.04 Å². The Hall–Kier alpha value is 0.1000. The maximum atomic E-state index is 6.26. The topological polar surface area (TPSA) is 29.3 Å². The van der Waals surface area contributed by atoms with E-state index in [1.165, 1.54) is 21.5 Å². The van der Waals surface area contributed by atoms with E-state index in [0.717, 1.165) is 13.0 Å². The van der Waals surface area contributed by atoms with Crippen molar-refractivity contribution in [2.24, 2.45) is 5.73 Å². The molecule has 0 radical (unpaired) electrons. The monoisotopic (exact) mass is 288 g/mol. The van der Waals surface area contributed by atoms with Gasteiger partial charge in [-0.05, 0) is 54.5 Å². The molecule has 0 amide bonds. The van der Waals surface area contributed by atoms with E-state index in [1.54, 1.807) is 11.3 Å². The highest BCUT2D eigenvalue weighted by Gasteiger charge is 2.27. The van der Waals surface area contributed by atoms with Crippen LogP contribution in [0, 0.1) is 0 Å². The van der Waals surface area contributed by atoms with Crippen LogP contribution in [0.4, 0.5) is 0 Å². The van der Waals surface area contributed by atoms with E-state index in [2.05, 4.69) is 40.0 Å². The highest BCUT2D eigenvalue weighted by atomic mass is 79.9. The van der Waals surface area contributed by atoms with Crippen LogP contribution in [0.25, 0.3) is 0 Å². The fourth-order valence-electron chi connectivity index (χ4n) is 2.28. The summed E-state index contributed by atoms with van der Waals surface area (Å²) in [5.41, 5.74) is 6.26. The average Bonchev–Trinajstić information content (AvgIpc) is 2.52. The van der Waals surface area contributed by atoms with Crippen LogP contribution in [0.1, 0.15) is 30.2 Å². The molecule has 2 nitrogen and oxygen atoms in total. The third-order valence-electron chi connectivity index (χ3n) is 3.06. The molecule has 84 valence electrons. The number of hydrogen-bond donors (Lipinski definition) is 1. The van der Waals surface area contributed by atoms with Crippen molar-refractivity contribution in [3.63, 3.8) is 0 Å². The third-order valence-corrected chi connectivity index (χ3v) is 4.76. The molecule has 4 heteroatoms. The molecule has 1 aliphatic rings. The van der Waals surface area contributed by atoms with E-state index in [9.17, 15) is 0 Å². The molecule has 1 aromatic heterocycles. The molecule has 0 aliphatic carbocycles. The Morgan fingerprint density at radius 3 is 2.93 bits per heavy atom. The molecule has 0 spiro atoms. The molecule has 1 fully saturated rings. The predicted molar refractivity (Wildman–Crippen MR) is 69.2 cm³/mol. The van der Waals surface area contributed by atoms with Gasteiger partial charge in [-0.25, -0.2) is 0 Å². The van der Waals surface area contributed by atoms with Gasteiger partial charge in [0.15, 0.2) is 0 Å². The molecule has 15 heavy (non-hydrogen) atoms. The van der Waals surface area contributed by atoms with Gasteiger partial charge in [-0.3, -0.25) is 4.90 Å². The molecule has 2 rings (SSSR count). The summed E-state index contributed by atoms with van der Waals surface area (Å²) in [7, 11) is 2.18. The van der Waals surface area contributed by atoms with E-state index in [1.807, 2.05) is 0 Å². The van der Waals surface area contributed by atoms with Crippen molar-refractivity contribution in [3.05, 3.63) is 20.8 Å². The van der Waals surface area contributed by atoms with Gasteiger partial charge in [-0.15, -0.1) is 11.3 Å². The lowest BCUT2D eigenvalue weighted by atomic mass is 10.0. The Morgan fingerprint density at radius 2 is 2.27 bits per heavy atom. The number of likely N-dealkylation sites (N-methyl/N-ethyl adjacent to an activating group) is 1. The standard InChI is InChI=1S/C11H17BrN2S/c1-14-7-3-2-4-8(13)11(14)9-5-6-10(12)15-9/h5-6,8,11H,2-4,7,13H2,1H3. The summed E-state index contributed by atoms with van der Waals surface area (Å²) in [5.74, 6) is 0. The molecule has 1 saturated heterocycles. The first kappa shape index (κ1) is 11.6. The summed E-state index contributed by atoms with van der Waals surface area (Å²) in [6.07, 6.45) is 3.67.